The SMILES string of the molecule is CC1=CC(C)(C)CC23C(=C(F)c4cc(O)ccc42)C=CC(F)=C13. The third kappa shape index (κ3) is 1.71. The topological polar surface area (TPSA) is 20.2 Å². The Morgan fingerprint density at radius 1 is 1.13 bits per heavy atom. The molecule has 1 unspecified atom stereocenters. The van der Waals surface area contributed by atoms with E-state index in [1.807, 2.05) is 6.92 Å². The summed E-state index contributed by atoms with van der Waals surface area (Å²) in [7, 11) is 0. The highest BCUT2D eigenvalue weighted by Crippen LogP contribution is 2.62. The van der Waals surface area contributed by atoms with E-state index in [1.165, 1.54) is 12.1 Å². The summed E-state index contributed by atoms with van der Waals surface area (Å²) in [6.45, 7) is 6.07. The maximum absolute atomic E-state index is 15.1. The van der Waals surface area contributed by atoms with E-state index >= 15 is 4.39 Å². The number of benzene rings is 1. The van der Waals surface area contributed by atoms with Crippen molar-refractivity contribution in [1.29, 1.82) is 0 Å². The molecule has 1 N–H and O–H groups in total. The smallest absolute Gasteiger partial charge is 0.135 e. The molecule has 0 radical (unpaired) electrons. The van der Waals surface area contributed by atoms with Crippen molar-refractivity contribution in [2.75, 3.05) is 0 Å². The lowest BCUT2D eigenvalue weighted by Gasteiger charge is -2.46. The lowest BCUT2D eigenvalue weighted by Crippen LogP contribution is -2.39. The van der Waals surface area contributed by atoms with Crippen LogP contribution in [0.4, 0.5) is 8.78 Å². The zero-order valence-electron chi connectivity index (χ0n) is 13.4. The second kappa shape index (κ2) is 4.22. The molecule has 0 bridgehead atoms. The highest BCUT2D eigenvalue weighted by molar-refractivity contribution is 5.84. The molecule has 3 heteroatoms. The lowest BCUT2D eigenvalue weighted by atomic mass is 9.56. The molecule has 0 aromatic heterocycles. The second-order valence-electron chi connectivity index (χ2n) is 7.41. The molecule has 23 heavy (non-hydrogen) atoms. The third-order valence-corrected chi connectivity index (χ3v) is 5.18. The first-order chi connectivity index (χ1) is 10.8. The lowest BCUT2D eigenvalue weighted by molar-refractivity contribution is 0.333. The molecule has 3 aliphatic rings. The van der Waals surface area contributed by atoms with Gasteiger partial charge in [0, 0.05) is 16.7 Å². The number of allylic oxidation sites excluding steroid dienone is 7. The Kier molecular flexibility index (Phi) is 2.65. The van der Waals surface area contributed by atoms with Crippen molar-refractivity contribution in [1.82, 2.24) is 0 Å². The summed E-state index contributed by atoms with van der Waals surface area (Å²) in [5.74, 6) is -0.638. The monoisotopic (exact) mass is 312 g/mol. The number of phenols is 1. The highest BCUT2D eigenvalue weighted by Gasteiger charge is 2.54. The van der Waals surface area contributed by atoms with Crippen LogP contribution in [0.1, 0.15) is 38.3 Å². The highest BCUT2D eigenvalue weighted by atomic mass is 19.1. The van der Waals surface area contributed by atoms with Gasteiger partial charge in [-0.15, -0.1) is 0 Å². The zero-order valence-corrected chi connectivity index (χ0v) is 13.4. The van der Waals surface area contributed by atoms with Crippen LogP contribution in [-0.2, 0) is 5.41 Å². The molecule has 1 aromatic rings. The van der Waals surface area contributed by atoms with Gasteiger partial charge in [-0.05, 0) is 48.1 Å². The molecule has 1 atom stereocenters. The zero-order chi connectivity index (χ0) is 16.6. The van der Waals surface area contributed by atoms with Gasteiger partial charge in [0.05, 0.1) is 5.41 Å². The van der Waals surface area contributed by atoms with E-state index in [0.717, 1.165) is 11.1 Å². The molecule has 1 aromatic carbocycles. The van der Waals surface area contributed by atoms with Crippen molar-refractivity contribution in [2.45, 2.75) is 32.6 Å². The van der Waals surface area contributed by atoms with Gasteiger partial charge in [-0.25, -0.2) is 8.78 Å². The number of aromatic hydroxyl groups is 1. The Bertz CT molecular complexity index is 868. The molecule has 0 saturated carbocycles. The molecule has 0 saturated heterocycles. The number of rotatable bonds is 0. The molecule has 3 aliphatic carbocycles. The van der Waals surface area contributed by atoms with E-state index < -0.39 is 5.41 Å². The Morgan fingerprint density at radius 2 is 1.87 bits per heavy atom. The molecule has 0 heterocycles. The molecule has 0 aliphatic heterocycles. The standard InChI is InChI=1S/C20H18F2O/c1-11-9-19(2,3)10-20-14-5-4-12(23)8-13(14)18(22)15(20)6-7-16(21)17(11)20/h4-9,23H,10H2,1-3H3. The summed E-state index contributed by atoms with van der Waals surface area (Å²) in [5, 5.41) is 9.74. The van der Waals surface area contributed by atoms with Crippen LogP contribution in [0.2, 0.25) is 0 Å². The van der Waals surface area contributed by atoms with Crippen LogP contribution in [0.15, 0.2) is 59.0 Å². The first kappa shape index (κ1) is 14.4. The molecule has 0 amide bonds. The number of hydrogen-bond acceptors (Lipinski definition) is 1. The summed E-state index contributed by atoms with van der Waals surface area (Å²) >= 11 is 0. The van der Waals surface area contributed by atoms with Gasteiger partial charge in [0.2, 0.25) is 0 Å². The molecule has 118 valence electrons. The van der Waals surface area contributed by atoms with Crippen molar-refractivity contribution >= 4 is 5.83 Å². The summed E-state index contributed by atoms with van der Waals surface area (Å²) in [5.41, 5.74) is 2.08. The minimum Gasteiger partial charge on any atom is -0.508 e. The Morgan fingerprint density at radius 3 is 2.61 bits per heavy atom. The predicted molar refractivity (Wildman–Crippen MR) is 87.2 cm³/mol. The third-order valence-electron chi connectivity index (χ3n) is 5.18. The van der Waals surface area contributed by atoms with Gasteiger partial charge in [-0.2, -0.15) is 0 Å². The van der Waals surface area contributed by atoms with Crippen LogP contribution in [0.5, 0.6) is 5.75 Å². The second-order valence-corrected chi connectivity index (χ2v) is 7.41. The summed E-state index contributed by atoms with van der Waals surface area (Å²) in [4.78, 5) is 0. The molecule has 4 rings (SSSR count). The minimum absolute atomic E-state index is 0.0202. The maximum atomic E-state index is 15.1. The van der Waals surface area contributed by atoms with Crippen molar-refractivity contribution in [2.24, 2.45) is 5.41 Å². The Labute approximate surface area is 134 Å². The van der Waals surface area contributed by atoms with Crippen LogP contribution in [0, 0.1) is 5.41 Å². The normalized spacial score (nSPS) is 27.6. The number of fused-ring (bicyclic) bond motifs is 1. The van der Waals surface area contributed by atoms with Gasteiger partial charge in [-0.1, -0.05) is 32.1 Å². The number of halogens is 2. The van der Waals surface area contributed by atoms with E-state index in [9.17, 15) is 9.50 Å². The fraction of sp³-hybridized carbons (Fsp3) is 0.300. The summed E-state index contributed by atoms with van der Waals surface area (Å²) in [6.07, 6.45) is 5.58. The van der Waals surface area contributed by atoms with Gasteiger partial charge in [0.15, 0.2) is 0 Å². The largest absolute Gasteiger partial charge is 0.508 e. The van der Waals surface area contributed by atoms with Crippen molar-refractivity contribution < 1.29 is 13.9 Å². The molecular formula is C20H18F2O. The average molecular weight is 312 g/mol. The molecular weight excluding hydrogens is 294 g/mol. The molecule has 1 nitrogen and oxygen atoms in total. The van der Waals surface area contributed by atoms with Gasteiger partial charge < -0.3 is 5.11 Å². The maximum Gasteiger partial charge on any atom is 0.135 e. The Hall–Kier alpha value is -2.16. The first-order valence-electron chi connectivity index (χ1n) is 7.78. The fourth-order valence-electron chi connectivity index (χ4n) is 4.69. The van der Waals surface area contributed by atoms with Crippen LogP contribution >= 0.6 is 0 Å². The van der Waals surface area contributed by atoms with E-state index in [1.54, 1.807) is 18.2 Å². The first-order valence-corrected chi connectivity index (χ1v) is 7.78. The van der Waals surface area contributed by atoms with Crippen molar-refractivity contribution in [3.8, 4) is 5.75 Å². The Balaban J connectivity index is 2.13. The predicted octanol–water partition coefficient (Wildman–Crippen LogP) is 5.49. The van der Waals surface area contributed by atoms with Crippen LogP contribution in [-0.4, -0.2) is 5.11 Å². The average Bonchev–Trinajstić information content (AvgIpc) is 2.65. The van der Waals surface area contributed by atoms with E-state index in [-0.39, 0.29) is 22.8 Å². The number of phenolic OH excluding ortho intramolecular Hbond substituents is 1. The minimum atomic E-state index is -0.797. The van der Waals surface area contributed by atoms with Crippen LogP contribution in [0.25, 0.3) is 5.83 Å². The van der Waals surface area contributed by atoms with Gasteiger partial charge in [0.25, 0.3) is 0 Å². The van der Waals surface area contributed by atoms with E-state index in [4.69, 9.17) is 0 Å². The van der Waals surface area contributed by atoms with Crippen molar-refractivity contribution in [3.63, 3.8) is 0 Å². The summed E-state index contributed by atoms with van der Waals surface area (Å²) in [6, 6.07) is 4.73. The van der Waals surface area contributed by atoms with E-state index in [2.05, 4.69) is 19.9 Å². The van der Waals surface area contributed by atoms with Crippen LogP contribution in [0.3, 0.4) is 0 Å². The van der Waals surface area contributed by atoms with Gasteiger partial charge in [0.1, 0.15) is 17.4 Å². The van der Waals surface area contributed by atoms with Gasteiger partial charge in [-0.3, -0.25) is 0 Å². The number of hydrogen-bond donors (Lipinski definition) is 1. The van der Waals surface area contributed by atoms with E-state index in [0.29, 0.717) is 23.1 Å². The fourth-order valence-corrected chi connectivity index (χ4v) is 4.69. The summed E-state index contributed by atoms with van der Waals surface area (Å²) < 4.78 is 29.8. The molecule has 1 spiro atoms. The van der Waals surface area contributed by atoms with Crippen molar-refractivity contribution in [3.05, 3.63) is 70.1 Å². The quantitative estimate of drug-likeness (QED) is 0.671. The van der Waals surface area contributed by atoms with Gasteiger partial charge >= 0.3 is 0 Å². The van der Waals surface area contributed by atoms with Crippen LogP contribution < -0.4 is 0 Å². The molecule has 0 fully saturated rings.